The number of halogens is 2. The highest BCUT2D eigenvalue weighted by Crippen LogP contribution is 2.21. The smallest absolute Gasteiger partial charge is 0.250 e. The monoisotopic (exact) mass is 290 g/mol. The van der Waals surface area contributed by atoms with Crippen LogP contribution in [0.4, 0.5) is 4.39 Å². The van der Waals surface area contributed by atoms with Gasteiger partial charge < -0.3 is 4.42 Å². The van der Waals surface area contributed by atoms with E-state index in [0.29, 0.717) is 5.56 Å². The lowest BCUT2D eigenvalue weighted by Crippen LogP contribution is -1.85. The van der Waals surface area contributed by atoms with Gasteiger partial charge in [0.05, 0.1) is 5.56 Å². The van der Waals surface area contributed by atoms with Gasteiger partial charge in [-0.3, -0.25) is 0 Å². The fraction of sp³-hybridized carbons (Fsp3) is 0. The number of hydrogen-bond donors (Lipinski definition) is 0. The first-order chi connectivity index (χ1) is 6.27. The molecule has 2 aromatic rings. The van der Waals surface area contributed by atoms with E-state index in [1.165, 1.54) is 12.5 Å². The molecule has 0 amide bonds. The van der Waals surface area contributed by atoms with Crippen LogP contribution in [0.15, 0.2) is 29.0 Å². The molecule has 66 valence electrons. The largest absolute Gasteiger partial charge is 0.423 e. The second-order valence-corrected chi connectivity index (χ2v) is 3.61. The van der Waals surface area contributed by atoms with Crippen molar-refractivity contribution in [1.29, 1.82) is 0 Å². The van der Waals surface area contributed by atoms with E-state index < -0.39 is 0 Å². The summed E-state index contributed by atoms with van der Waals surface area (Å²) in [7, 11) is 0. The van der Waals surface area contributed by atoms with Crippen molar-refractivity contribution in [2.24, 2.45) is 0 Å². The number of benzene rings is 1. The minimum Gasteiger partial charge on any atom is -0.423 e. The number of nitrogens with zero attached hydrogens (tertiary/aromatic N) is 2. The first-order valence-electron chi connectivity index (χ1n) is 3.49. The third-order valence-corrected chi connectivity index (χ3v) is 2.19. The van der Waals surface area contributed by atoms with Crippen molar-refractivity contribution in [2.75, 3.05) is 0 Å². The van der Waals surface area contributed by atoms with Gasteiger partial charge in [-0.2, -0.15) is 0 Å². The predicted octanol–water partition coefficient (Wildman–Crippen LogP) is 2.48. The topological polar surface area (TPSA) is 38.9 Å². The zero-order valence-corrected chi connectivity index (χ0v) is 8.53. The molecule has 0 bridgehead atoms. The molecule has 1 heterocycles. The molecule has 0 aliphatic rings. The number of aromatic nitrogens is 2. The third-order valence-electron chi connectivity index (χ3n) is 1.52. The Hall–Kier alpha value is -0.980. The molecule has 0 N–H and O–H groups in total. The van der Waals surface area contributed by atoms with Crippen molar-refractivity contribution in [3.8, 4) is 11.5 Å². The molecule has 0 saturated heterocycles. The highest BCUT2D eigenvalue weighted by molar-refractivity contribution is 14.1. The van der Waals surface area contributed by atoms with Crippen molar-refractivity contribution in [1.82, 2.24) is 10.2 Å². The molecule has 0 aliphatic carbocycles. The van der Waals surface area contributed by atoms with Crippen molar-refractivity contribution in [2.45, 2.75) is 0 Å². The van der Waals surface area contributed by atoms with E-state index in [1.54, 1.807) is 12.1 Å². The minimum atomic E-state index is -0.351. The van der Waals surface area contributed by atoms with Gasteiger partial charge in [0.1, 0.15) is 5.82 Å². The average molecular weight is 290 g/mol. The van der Waals surface area contributed by atoms with Gasteiger partial charge in [-0.1, -0.05) is 0 Å². The van der Waals surface area contributed by atoms with E-state index in [-0.39, 0.29) is 11.7 Å². The highest BCUT2D eigenvalue weighted by atomic mass is 127. The Bertz CT molecular complexity index is 416. The molecule has 1 aromatic carbocycles. The quantitative estimate of drug-likeness (QED) is 0.757. The lowest BCUT2D eigenvalue weighted by molar-refractivity contribution is 0.557. The molecule has 3 nitrogen and oxygen atoms in total. The van der Waals surface area contributed by atoms with E-state index in [4.69, 9.17) is 4.42 Å². The van der Waals surface area contributed by atoms with Gasteiger partial charge in [-0.05, 0) is 40.8 Å². The molecule has 5 heteroatoms. The number of hydrogen-bond acceptors (Lipinski definition) is 3. The SMILES string of the molecule is Fc1cc(I)ccc1-c1nnco1. The second-order valence-electron chi connectivity index (χ2n) is 2.37. The molecular formula is C8H4FIN2O. The molecule has 0 radical (unpaired) electrons. The van der Waals surface area contributed by atoms with Crippen molar-refractivity contribution < 1.29 is 8.81 Å². The lowest BCUT2D eigenvalue weighted by Gasteiger charge is -1.96. The molecule has 1 aromatic heterocycles. The first-order valence-corrected chi connectivity index (χ1v) is 4.57. The van der Waals surface area contributed by atoms with E-state index >= 15 is 0 Å². The summed E-state index contributed by atoms with van der Waals surface area (Å²) in [6.45, 7) is 0. The molecule has 0 unspecified atom stereocenters. The van der Waals surface area contributed by atoms with Crippen LogP contribution in [0.1, 0.15) is 0 Å². The molecule has 0 spiro atoms. The Kier molecular flexibility index (Phi) is 2.26. The Morgan fingerprint density at radius 2 is 2.23 bits per heavy atom. The second kappa shape index (κ2) is 3.41. The maximum atomic E-state index is 13.3. The van der Waals surface area contributed by atoms with Crippen LogP contribution in [0.2, 0.25) is 0 Å². The predicted molar refractivity (Wildman–Crippen MR) is 52.4 cm³/mol. The van der Waals surface area contributed by atoms with Crippen LogP contribution < -0.4 is 0 Å². The van der Waals surface area contributed by atoms with Gasteiger partial charge >= 0.3 is 0 Å². The van der Waals surface area contributed by atoms with Crippen molar-refractivity contribution >= 4 is 22.6 Å². The van der Waals surface area contributed by atoms with Crippen LogP contribution in [-0.2, 0) is 0 Å². The summed E-state index contributed by atoms with van der Waals surface area (Å²) in [4.78, 5) is 0. The summed E-state index contributed by atoms with van der Waals surface area (Å²) < 4.78 is 19.0. The van der Waals surface area contributed by atoms with Crippen molar-refractivity contribution in [3.05, 3.63) is 34.0 Å². The maximum Gasteiger partial charge on any atom is 0.250 e. The fourth-order valence-corrected chi connectivity index (χ4v) is 1.41. The van der Waals surface area contributed by atoms with Crippen LogP contribution in [0, 0.1) is 9.39 Å². The molecule has 0 aliphatic heterocycles. The summed E-state index contributed by atoms with van der Waals surface area (Å²) in [5.41, 5.74) is 0.331. The molecule has 13 heavy (non-hydrogen) atoms. The zero-order chi connectivity index (χ0) is 9.26. The normalized spacial score (nSPS) is 10.3. The molecule has 2 rings (SSSR count). The summed E-state index contributed by atoms with van der Waals surface area (Å²) in [5.74, 6) is -0.148. The summed E-state index contributed by atoms with van der Waals surface area (Å²) >= 11 is 2.03. The lowest BCUT2D eigenvalue weighted by atomic mass is 10.2. The summed E-state index contributed by atoms with van der Waals surface area (Å²) in [6.07, 6.45) is 1.17. The fourth-order valence-electron chi connectivity index (χ4n) is 0.953. The molecule has 0 atom stereocenters. The van der Waals surface area contributed by atoms with Gasteiger partial charge in [0, 0.05) is 3.57 Å². The Labute approximate surface area is 87.1 Å². The Morgan fingerprint density at radius 3 is 2.85 bits per heavy atom. The third kappa shape index (κ3) is 1.69. The summed E-state index contributed by atoms with van der Waals surface area (Å²) in [5, 5.41) is 7.09. The van der Waals surface area contributed by atoms with E-state index in [0.717, 1.165) is 3.57 Å². The van der Waals surface area contributed by atoms with Crippen LogP contribution in [0.5, 0.6) is 0 Å². The van der Waals surface area contributed by atoms with Gasteiger partial charge in [0.25, 0.3) is 0 Å². The van der Waals surface area contributed by atoms with Crippen LogP contribution in [0.25, 0.3) is 11.5 Å². The van der Waals surface area contributed by atoms with E-state index in [1.807, 2.05) is 22.6 Å². The minimum absolute atomic E-state index is 0.203. The van der Waals surface area contributed by atoms with Crippen LogP contribution in [-0.4, -0.2) is 10.2 Å². The highest BCUT2D eigenvalue weighted by Gasteiger charge is 2.09. The molecule has 0 saturated carbocycles. The van der Waals surface area contributed by atoms with E-state index in [9.17, 15) is 4.39 Å². The van der Waals surface area contributed by atoms with Crippen molar-refractivity contribution in [3.63, 3.8) is 0 Å². The standard InChI is InChI=1S/C8H4FIN2O/c9-7-3-5(10)1-2-6(7)8-12-11-4-13-8/h1-4H. The summed E-state index contributed by atoms with van der Waals surface area (Å²) in [6, 6.07) is 4.81. The molecule has 0 fully saturated rings. The van der Waals surface area contributed by atoms with E-state index in [2.05, 4.69) is 10.2 Å². The van der Waals surface area contributed by atoms with Gasteiger partial charge in [-0.25, -0.2) is 4.39 Å². The van der Waals surface area contributed by atoms with Gasteiger partial charge in [-0.15, -0.1) is 10.2 Å². The Balaban J connectivity index is 2.53. The molecular weight excluding hydrogens is 286 g/mol. The zero-order valence-electron chi connectivity index (χ0n) is 6.37. The average Bonchev–Trinajstić information content (AvgIpc) is 2.56. The maximum absolute atomic E-state index is 13.3. The first kappa shape index (κ1) is 8.61. The van der Waals surface area contributed by atoms with Crippen LogP contribution >= 0.6 is 22.6 Å². The van der Waals surface area contributed by atoms with Gasteiger partial charge in [0.2, 0.25) is 12.3 Å². The number of rotatable bonds is 1. The Morgan fingerprint density at radius 1 is 1.38 bits per heavy atom. The van der Waals surface area contributed by atoms with Gasteiger partial charge in [0.15, 0.2) is 0 Å². The van der Waals surface area contributed by atoms with Crippen LogP contribution in [0.3, 0.4) is 0 Å².